The van der Waals surface area contributed by atoms with Crippen molar-refractivity contribution < 1.29 is 29.3 Å². The number of ether oxygens (including phenoxy) is 1. The van der Waals surface area contributed by atoms with Crippen molar-refractivity contribution in [2.45, 2.75) is 26.7 Å². The highest BCUT2D eigenvalue weighted by Crippen LogP contribution is 2.42. The molecule has 3 aromatic rings. The van der Waals surface area contributed by atoms with Crippen LogP contribution >= 0.6 is 11.3 Å². The Morgan fingerprint density at radius 1 is 1.03 bits per heavy atom. The molecule has 1 aromatic heterocycles. The van der Waals surface area contributed by atoms with Gasteiger partial charge in [0, 0.05) is 41.4 Å². The Balaban J connectivity index is 1.34. The van der Waals surface area contributed by atoms with Crippen LogP contribution in [0.2, 0.25) is 0 Å². The van der Waals surface area contributed by atoms with E-state index < -0.39 is 18.5 Å². The maximum Gasteiger partial charge on any atom is 0.349 e. The van der Waals surface area contributed by atoms with Gasteiger partial charge in [0.1, 0.15) is 5.75 Å². The Hall–Kier alpha value is -4.05. The van der Waals surface area contributed by atoms with E-state index in [4.69, 9.17) is 9.84 Å². The van der Waals surface area contributed by atoms with Crippen LogP contribution in [0.15, 0.2) is 48.5 Å². The number of likely N-dealkylation sites (tertiary alicyclic amines) is 1. The van der Waals surface area contributed by atoms with Gasteiger partial charge in [-0.05, 0) is 62.4 Å². The largest absolute Gasteiger partial charge is 0.480 e. The van der Waals surface area contributed by atoms with Gasteiger partial charge in [0.15, 0.2) is 11.5 Å². The number of piperidine rings is 1. The summed E-state index contributed by atoms with van der Waals surface area (Å²) in [5, 5.41) is 24.9. The van der Waals surface area contributed by atoms with Crippen molar-refractivity contribution in [2.75, 3.05) is 36.9 Å². The summed E-state index contributed by atoms with van der Waals surface area (Å²) in [5.74, 6) is -1.81. The molecule has 0 bridgehead atoms. The van der Waals surface area contributed by atoms with Gasteiger partial charge in [-0.2, -0.15) is 0 Å². The van der Waals surface area contributed by atoms with Crippen LogP contribution in [0.4, 0.5) is 16.2 Å². The molecule has 0 radical (unpaired) electrons. The van der Waals surface area contributed by atoms with Gasteiger partial charge in [0.05, 0.1) is 0 Å². The number of aliphatic carboxylic acids is 1. The number of hydrogen-bond donors (Lipinski definition) is 4. The molecular formula is C28H31N3O6S. The third-order valence-corrected chi connectivity index (χ3v) is 7.86. The predicted octanol–water partition coefficient (Wildman–Crippen LogP) is 5.55. The second-order valence-electron chi connectivity index (χ2n) is 9.39. The van der Waals surface area contributed by atoms with Gasteiger partial charge in [0.25, 0.3) is 0 Å². The molecule has 200 valence electrons. The number of hydrogen-bond acceptors (Lipinski definition) is 6. The van der Waals surface area contributed by atoms with Crippen molar-refractivity contribution in [3.05, 3.63) is 64.5 Å². The van der Waals surface area contributed by atoms with Gasteiger partial charge in [-0.1, -0.05) is 29.8 Å². The number of thiophene rings is 1. The third-order valence-electron chi connectivity index (χ3n) is 6.55. The fourth-order valence-electron chi connectivity index (χ4n) is 4.43. The number of benzene rings is 2. The predicted molar refractivity (Wildman–Crippen MR) is 148 cm³/mol. The highest BCUT2D eigenvalue weighted by molar-refractivity contribution is 7.18. The summed E-state index contributed by atoms with van der Waals surface area (Å²) >= 11 is 1.07. The van der Waals surface area contributed by atoms with Crippen LogP contribution in [0.1, 0.15) is 33.6 Å². The molecule has 4 rings (SSSR count). The molecule has 2 heterocycles. The standard InChI is InChI=1S/C28H31N3O6S/c1-17-6-8-21(9-7-17)30-28(36)31-12-10-19(11-13-31)15-29-22-5-3-4-20(14-22)25-18(2)24(37-16-23(32)33)26(38-25)27(34)35/h3-9,14,19,29H,10-13,15-16H2,1-2H3,(H,30,36)(H,32,33)(H,34,35). The number of urea groups is 1. The maximum absolute atomic E-state index is 12.6. The van der Waals surface area contributed by atoms with Crippen molar-refractivity contribution in [3.63, 3.8) is 0 Å². The first-order valence-electron chi connectivity index (χ1n) is 12.4. The van der Waals surface area contributed by atoms with Crippen molar-refractivity contribution in [1.29, 1.82) is 0 Å². The lowest BCUT2D eigenvalue weighted by molar-refractivity contribution is -0.139. The monoisotopic (exact) mass is 537 g/mol. The zero-order valence-corrected chi connectivity index (χ0v) is 22.1. The molecule has 1 saturated heterocycles. The molecule has 0 atom stereocenters. The smallest absolute Gasteiger partial charge is 0.349 e. The second kappa shape index (κ2) is 12.0. The minimum absolute atomic E-state index is 0.0183. The quantitative estimate of drug-likeness (QED) is 0.282. The van der Waals surface area contributed by atoms with Crippen LogP contribution in [0.25, 0.3) is 10.4 Å². The van der Waals surface area contributed by atoms with E-state index >= 15 is 0 Å². The number of nitrogens with zero attached hydrogens (tertiary/aromatic N) is 1. The number of nitrogens with one attached hydrogen (secondary N) is 2. The fraction of sp³-hybridized carbons (Fsp3) is 0.321. The number of amides is 2. The Kier molecular flexibility index (Phi) is 8.52. The summed E-state index contributed by atoms with van der Waals surface area (Å²) in [6, 6.07) is 15.4. The summed E-state index contributed by atoms with van der Waals surface area (Å²) in [6.45, 7) is 5.28. The van der Waals surface area contributed by atoms with Crippen molar-refractivity contribution in [3.8, 4) is 16.2 Å². The van der Waals surface area contributed by atoms with E-state index in [0.29, 0.717) is 24.6 Å². The van der Waals surface area contributed by atoms with Crippen LogP contribution in [0.3, 0.4) is 0 Å². The van der Waals surface area contributed by atoms with Crippen molar-refractivity contribution in [2.24, 2.45) is 5.92 Å². The summed E-state index contributed by atoms with van der Waals surface area (Å²) in [4.78, 5) is 37.8. The maximum atomic E-state index is 12.6. The third kappa shape index (κ3) is 6.63. The first-order valence-corrected chi connectivity index (χ1v) is 13.2. The molecule has 10 heteroatoms. The molecule has 0 unspecified atom stereocenters. The van der Waals surface area contributed by atoms with Crippen LogP contribution < -0.4 is 15.4 Å². The van der Waals surface area contributed by atoms with Crippen molar-refractivity contribution in [1.82, 2.24) is 4.90 Å². The molecule has 0 saturated carbocycles. The zero-order valence-electron chi connectivity index (χ0n) is 21.3. The van der Waals surface area contributed by atoms with E-state index in [1.165, 1.54) is 0 Å². The van der Waals surface area contributed by atoms with Gasteiger partial charge in [-0.25, -0.2) is 14.4 Å². The number of carboxylic acids is 2. The Morgan fingerprint density at radius 2 is 1.74 bits per heavy atom. The van der Waals surface area contributed by atoms with Crippen LogP contribution in [-0.4, -0.2) is 59.3 Å². The van der Waals surface area contributed by atoms with E-state index in [1.807, 2.05) is 60.4 Å². The lowest BCUT2D eigenvalue weighted by Crippen LogP contribution is -2.42. The molecule has 1 aliphatic rings. The molecule has 9 nitrogen and oxygen atoms in total. The van der Waals surface area contributed by atoms with Gasteiger partial charge >= 0.3 is 18.0 Å². The lowest BCUT2D eigenvalue weighted by Gasteiger charge is -2.32. The number of aromatic carboxylic acids is 1. The highest BCUT2D eigenvalue weighted by Gasteiger charge is 2.24. The minimum atomic E-state index is -1.17. The first-order chi connectivity index (χ1) is 18.2. The number of carbonyl (C=O) groups excluding carboxylic acids is 1. The normalized spacial score (nSPS) is 13.7. The topological polar surface area (TPSA) is 128 Å². The summed E-state index contributed by atoms with van der Waals surface area (Å²) in [7, 11) is 0. The van der Waals surface area contributed by atoms with Gasteiger partial charge < -0.3 is 30.5 Å². The second-order valence-corrected chi connectivity index (χ2v) is 10.4. The Bertz CT molecular complexity index is 1310. The van der Waals surface area contributed by atoms with Crippen LogP contribution in [-0.2, 0) is 4.79 Å². The SMILES string of the molecule is Cc1ccc(NC(=O)N2CCC(CNc3cccc(-c4sc(C(=O)O)c(OCC(=O)O)c4C)c3)CC2)cc1. The number of rotatable bonds is 9. The number of anilines is 2. The van der Waals surface area contributed by atoms with Crippen LogP contribution in [0, 0.1) is 19.8 Å². The molecule has 2 amide bonds. The minimum Gasteiger partial charge on any atom is -0.480 e. The summed E-state index contributed by atoms with van der Waals surface area (Å²) in [6.07, 6.45) is 1.79. The van der Waals surface area contributed by atoms with E-state index in [2.05, 4.69) is 10.6 Å². The lowest BCUT2D eigenvalue weighted by atomic mass is 9.97. The average molecular weight is 538 g/mol. The van der Waals surface area contributed by atoms with Crippen molar-refractivity contribution >= 4 is 40.7 Å². The van der Waals surface area contributed by atoms with Crippen LogP contribution in [0.5, 0.6) is 5.75 Å². The Morgan fingerprint density at radius 3 is 2.39 bits per heavy atom. The molecule has 2 aromatic carbocycles. The average Bonchev–Trinajstić information content (AvgIpc) is 3.24. The highest BCUT2D eigenvalue weighted by atomic mass is 32.1. The molecule has 1 aliphatic heterocycles. The van der Waals surface area contributed by atoms with E-state index in [1.54, 1.807) is 6.92 Å². The molecular weight excluding hydrogens is 506 g/mol. The van der Waals surface area contributed by atoms with E-state index in [0.717, 1.165) is 58.1 Å². The molecule has 0 aliphatic carbocycles. The van der Waals surface area contributed by atoms with Gasteiger partial charge in [-0.15, -0.1) is 11.3 Å². The number of aryl methyl sites for hydroxylation is 1. The number of carboxylic acid groups (broad SMARTS) is 2. The first kappa shape index (κ1) is 27.0. The zero-order chi connectivity index (χ0) is 27.2. The summed E-state index contributed by atoms with van der Waals surface area (Å²) < 4.78 is 5.30. The van der Waals surface area contributed by atoms with E-state index in [9.17, 15) is 19.5 Å². The molecule has 1 fully saturated rings. The fourth-order valence-corrected chi connectivity index (χ4v) is 5.52. The molecule has 0 spiro atoms. The Labute approximate surface area is 225 Å². The van der Waals surface area contributed by atoms with Gasteiger partial charge in [-0.3, -0.25) is 0 Å². The molecule has 4 N–H and O–H groups in total. The van der Waals surface area contributed by atoms with Gasteiger partial charge in [0.2, 0.25) is 0 Å². The van der Waals surface area contributed by atoms with E-state index in [-0.39, 0.29) is 16.7 Å². The molecule has 38 heavy (non-hydrogen) atoms. The number of carbonyl (C=O) groups is 3. The summed E-state index contributed by atoms with van der Waals surface area (Å²) in [5.41, 5.74) is 4.27.